The Labute approximate surface area is 620 Å². The first-order chi connectivity index (χ1) is 48.1. The zero-order valence-corrected chi connectivity index (χ0v) is 68.3. The van der Waals surface area contributed by atoms with Crippen molar-refractivity contribution in [3.63, 3.8) is 0 Å². The van der Waals surface area contributed by atoms with Crippen LogP contribution in [0.15, 0.2) is 98.0 Å². The van der Waals surface area contributed by atoms with E-state index in [1.807, 2.05) is 193 Å². The Morgan fingerprint density at radius 3 is 1.16 bits per heavy atom. The van der Waals surface area contributed by atoms with E-state index in [0.29, 0.717) is 55.3 Å². The third-order valence-corrected chi connectivity index (χ3v) is 19.9. The molecule has 1 saturated carbocycles. The van der Waals surface area contributed by atoms with Crippen LogP contribution in [0.5, 0.6) is 17.6 Å². The quantitative estimate of drug-likeness (QED) is 0.0478. The number of pyridine rings is 5. The second-order valence-corrected chi connectivity index (χ2v) is 30.8. The largest absolute Gasteiger partial charge is 0.481 e. The van der Waals surface area contributed by atoms with Crippen LogP contribution in [0.3, 0.4) is 0 Å². The molecule has 0 saturated heterocycles. The lowest BCUT2D eigenvalue weighted by atomic mass is 9.86. The maximum absolute atomic E-state index is 13.4. The van der Waals surface area contributed by atoms with Gasteiger partial charge in [-0.15, -0.1) is 0 Å². The van der Waals surface area contributed by atoms with Crippen molar-refractivity contribution < 1.29 is 47.4 Å². The van der Waals surface area contributed by atoms with Gasteiger partial charge in [-0.05, 0) is 105 Å². The minimum atomic E-state index is -0.405. The van der Waals surface area contributed by atoms with Crippen molar-refractivity contribution in [2.75, 3.05) is 70.2 Å². The predicted molar refractivity (Wildman–Crippen MR) is 412 cm³/mol. The summed E-state index contributed by atoms with van der Waals surface area (Å²) in [6.07, 6.45) is 23.1. The van der Waals surface area contributed by atoms with Gasteiger partial charge in [-0.1, -0.05) is 156 Å². The van der Waals surface area contributed by atoms with Crippen molar-refractivity contribution in [1.82, 2.24) is 54.3 Å². The minimum Gasteiger partial charge on any atom is -0.481 e. The van der Waals surface area contributed by atoms with Gasteiger partial charge in [0.25, 0.3) is 0 Å². The molecule has 576 valence electrons. The van der Waals surface area contributed by atoms with Crippen molar-refractivity contribution in [3.05, 3.63) is 132 Å². The number of amides is 6. The summed E-state index contributed by atoms with van der Waals surface area (Å²) in [4.78, 5) is 104. The van der Waals surface area contributed by atoms with Crippen LogP contribution in [-0.2, 0) is 61.5 Å². The highest BCUT2D eigenvalue weighted by atomic mass is 19.1. The molecule has 0 atom stereocenters. The van der Waals surface area contributed by atoms with Gasteiger partial charge in [-0.3, -0.25) is 43.7 Å². The third kappa shape index (κ3) is 31.4. The Hall–Kier alpha value is -8.10. The minimum absolute atomic E-state index is 0.0243. The summed E-state index contributed by atoms with van der Waals surface area (Å²) in [7, 11) is 15.7. The van der Waals surface area contributed by atoms with Gasteiger partial charge in [0.05, 0.1) is 40.6 Å². The molecule has 0 bridgehead atoms. The van der Waals surface area contributed by atoms with Crippen molar-refractivity contribution >= 4 is 35.4 Å². The van der Waals surface area contributed by atoms with Crippen molar-refractivity contribution in [2.24, 2.45) is 38.4 Å². The first kappa shape index (κ1) is 92.9. The topological polar surface area (TPSA) is 214 Å². The van der Waals surface area contributed by atoms with E-state index in [9.17, 15) is 33.2 Å². The van der Waals surface area contributed by atoms with Gasteiger partial charge in [-0.25, -0.2) is 9.37 Å². The molecule has 6 amide bonds. The Bertz CT molecular complexity index is 3270. The monoisotopic (exact) mass is 1430 g/mol. The molecule has 0 spiro atoms. The normalized spacial score (nSPS) is 12.3. The van der Waals surface area contributed by atoms with E-state index in [-0.39, 0.29) is 69.0 Å². The standard InChI is InChI=1S/C15H24N2O3.C14H22N2O2.C14H27NO.C13H19FN2O.2C13H20N2O/c1-7-15(2,3)14(18)17(4)10-11-8-9-12(19-5)16-13(11)20-6;1-6-14(2,3)13(17)16(4)10-11-8-7-9-15-12(11)18-5;1-5-14(2,3)13(16)15(4)11-12-9-7-6-8-10-12;1-5-13(2,3)12(17)16(4)9-10-6-7-15-8-11(10)14;1-5-13(2,3)12(16)15(4)10-11-6-8-14-9-7-11;1-5-13(2,3)12(16)15(4)10-11-7-6-8-14-9-11/h8-9H,7,10H2,1-6H3;7-9H,6,10H2,1-5H3;12H,5-11H2,1-4H3;6-8H,5,9H2,1-4H3;2*6-9H,5,10H2,1-4H3. The van der Waals surface area contributed by atoms with Crippen LogP contribution >= 0.6 is 0 Å². The van der Waals surface area contributed by atoms with Crippen molar-refractivity contribution in [3.8, 4) is 17.6 Å². The lowest BCUT2D eigenvalue weighted by molar-refractivity contribution is -0.140. The van der Waals surface area contributed by atoms with Crippen LogP contribution in [0.4, 0.5) is 4.39 Å². The second kappa shape index (κ2) is 44.5. The summed E-state index contributed by atoms with van der Waals surface area (Å²) < 4.78 is 28.9. The summed E-state index contributed by atoms with van der Waals surface area (Å²) in [5.41, 5.74) is 2.59. The molecule has 0 aromatic carbocycles. The van der Waals surface area contributed by atoms with E-state index in [1.54, 1.807) is 103 Å². The highest BCUT2D eigenvalue weighted by Gasteiger charge is 2.34. The molecule has 5 heterocycles. The van der Waals surface area contributed by atoms with Crippen LogP contribution in [-0.4, -0.2) is 160 Å². The average molecular weight is 1440 g/mol. The molecule has 5 aromatic heterocycles. The Kier molecular flexibility index (Phi) is 40.2. The van der Waals surface area contributed by atoms with E-state index in [1.165, 1.54) is 44.5 Å². The Balaban J connectivity index is 0.000000619. The maximum Gasteiger partial charge on any atom is 0.228 e. The van der Waals surface area contributed by atoms with E-state index in [2.05, 4.69) is 31.8 Å². The van der Waals surface area contributed by atoms with Gasteiger partial charge in [0.2, 0.25) is 53.1 Å². The summed E-state index contributed by atoms with van der Waals surface area (Å²) >= 11 is 0. The highest BCUT2D eigenvalue weighted by molar-refractivity contribution is 5.84. The van der Waals surface area contributed by atoms with Gasteiger partial charge in [0, 0.05) is 161 Å². The maximum atomic E-state index is 13.4. The molecular weight excluding hydrogens is 1300 g/mol. The number of nitrogens with zero attached hydrogens (tertiary/aromatic N) is 11. The first-order valence-corrected chi connectivity index (χ1v) is 36.5. The first-order valence-electron chi connectivity index (χ1n) is 36.5. The number of carbonyl (C=O) groups is 6. The smallest absolute Gasteiger partial charge is 0.228 e. The zero-order valence-electron chi connectivity index (χ0n) is 68.3. The number of aromatic nitrogens is 5. The van der Waals surface area contributed by atoms with Gasteiger partial charge in [0.15, 0.2) is 0 Å². The lowest BCUT2D eigenvalue weighted by Crippen LogP contribution is -2.40. The molecular formula is C82H132FN11O9. The molecule has 0 N–H and O–H groups in total. The summed E-state index contributed by atoms with van der Waals surface area (Å²) in [6, 6.07) is 16.7. The molecule has 1 aliphatic carbocycles. The summed E-state index contributed by atoms with van der Waals surface area (Å²) in [5, 5.41) is 0. The van der Waals surface area contributed by atoms with E-state index in [4.69, 9.17) is 14.2 Å². The third-order valence-electron chi connectivity index (χ3n) is 19.9. The number of carbonyl (C=O) groups excluding carboxylic acids is 6. The van der Waals surface area contributed by atoms with Crippen molar-refractivity contribution in [2.45, 2.75) is 228 Å². The average Bonchev–Trinajstić information content (AvgIpc) is 0.873. The Morgan fingerprint density at radius 2 is 0.767 bits per heavy atom. The van der Waals surface area contributed by atoms with Gasteiger partial charge in [0.1, 0.15) is 5.82 Å². The lowest BCUT2D eigenvalue weighted by Gasteiger charge is -2.32. The van der Waals surface area contributed by atoms with E-state index < -0.39 is 5.41 Å². The fourth-order valence-electron chi connectivity index (χ4n) is 10.6. The fraction of sp³-hybridized carbons (Fsp3) is 0.622. The molecule has 0 unspecified atom stereocenters. The number of hydrogen-bond acceptors (Lipinski definition) is 14. The molecule has 5 aromatic rings. The van der Waals surface area contributed by atoms with Gasteiger partial charge < -0.3 is 43.6 Å². The van der Waals surface area contributed by atoms with Crippen LogP contribution in [0.1, 0.15) is 223 Å². The zero-order chi connectivity index (χ0) is 78.7. The van der Waals surface area contributed by atoms with Gasteiger partial charge >= 0.3 is 0 Å². The number of rotatable bonds is 27. The molecule has 0 aliphatic heterocycles. The van der Waals surface area contributed by atoms with Crippen LogP contribution < -0.4 is 14.2 Å². The number of methoxy groups -OCH3 is 3. The van der Waals surface area contributed by atoms with E-state index in [0.717, 1.165) is 73.2 Å². The Morgan fingerprint density at radius 1 is 0.398 bits per heavy atom. The number of halogens is 1. The predicted octanol–water partition coefficient (Wildman–Crippen LogP) is 16.0. The summed E-state index contributed by atoms with van der Waals surface area (Å²) in [6.45, 7) is 39.3. The van der Waals surface area contributed by atoms with E-state index >= 15 is 0 Å². The highest BCUT2D eigenvalue weighted by Crippen LogP contribution is 2.31. The molecule has 21 heteroatoms. The molecule has 1 aliphatic rings. The van der Waals surface area contributed by atoms with Crippen molar-refractivity contribution in [1.29, 1.82) is 0 Å². The van der Waals surface area contributed by atoms with Gasteiger partial charge in [-0.2, -0.15) is 4.98 Å². The number of ether oxygens (including phenoxy) is 3. The van der Waals surface area contributed by atoms with Crippen LogP contribution in [0, 0.1) is 44.2 Å². The number of hydrogen-bond donors (Lipinski definition) is 0. The fourth-order valence-corrected chi connectivity index (χ4v) is 10.6. The molecule has 6 rings (SSSR count). The molecule has 0 radical (unpaired) electrons. The van der Waals surface area contributed by atoms with Crippen LogP contribution in [0.25, 0.3) is 0 Å². The molecule has 1 fully saturated rings. The molecule has 103 heavy (non-hydrogen) atoms. The second-order valence-electron chi connectivity index (χ2n) is 30.8. The molecule has 20 nitrogen and oxygen atoms in total. The SMILES string of the molecule is CCC(C)(C)C(=O)N(C)CC1CCCCC1.CCC(C)(C)C(=O)N(C)Cc1ccc(OC)nc1OC.CCC(C)(C)C(=O)N(C)Cc1cccnc1.CCC(C)(C)C(=O)N(C)Cc1cccnc1OC.CCC(C)(C)C(=O)N(C)Cc1ccncc1.CCC(C)(C)C(=O)N(C)Cc1ccncc1F. The summed E-state index contributed by atoms with van der Waals surface area (Å²) in [5.74, 6) is 2.87. The van der Waals surface area contributed by atoms with Crippen LogP contribution in [0.2, 0.25) is 0 Å².